The van der Waals surface area contributed by atoms with Gasteiger partial charge < -0.3 is 15.5 Å². The molecule has 3 rings (SSSR count). The average molecular weight is 430 g/mol. The summed E-state index contributed by atoms with van der Waals surface area (Å²) >= 11 is 0.995. The maximum absolute atomic E-state index is 12.7. The second-order valence-corrected chi connectivity index (χ2v) is 8.35. The number of para-hydroxylation sites is 1. The number of anilines is 1. The van der Waals surface area contributed by atoms with Crippen molar-refractivity contribution >= 4 is 34.7 Å². The number of amides is 3. The van der Waals surface area contributed by atoms with Crippen LogP contribution in [0.4, 0.5) is 5.69 Å². The number of nitrogens with zero attached hydrogens (tertiary/aromatic N) is 3. The van der Waals surface area contributed by atoms with Gasteiger partial charge in [-0.25, -0.2) is 0 Å². The molecule has 1 aliphatic rings. The first-order chi connectivity index (χ1) is 14.6. The van der Waals surface area contributed by atoms with Gasteiger partial charge in [-0.15, -0.1) is 10.2 Å². The van der Waals surface area contributed by atoms with E-state index in [1.807, 2.05) is 18.2 Å². The molecule has 0 spiro atoms. The van der Waals surface area contributed by atoms with E-state index in [2.05, 4.69) is 27.8 Å². The molecule has 0 bridgehead atoms. The molecule has 1 saturated heterocycles. The molecule has 0 radical (unpaired) electrons. The number of nitrogens with one attached hydrogen (secondary N) is 2. The molecule has 1 aromatic heterocycles. The molecule has 2 N–H and O–H groups in total. The van der Waals surface area contributed by atoms with Gasteiger partial charge in [-0.3, -0.25) is 14.4 Å². The Balaban J connectivity index is 1.47. The van der Waals surface area contributed by atoms with Gasteiger partial charge in [0.05, 0.1) is 0 Å². The van der Waals surface area contributed by atoms with Crippen LogP contribution < -0.4 is 10.6 Å². The van der Waals surface area contributed by atoms with Crippen molar-refractivity contribution < 1.29 is 14.4 Å². The Morgan fingerprint density at radius 3 is 2.50 bits per heavy atom. The summed E-state index contributed by atoms with van der Waals surface area (Å²) in [5.41, 5.74) is 0.659. The molecule has 3 amide bonds. The summed E-state index contributed by atoms with van der Waals surface area (Å²) in [5.74, 6) is -0.216. The highest BCUT2D eigenvalue weighted by atomic mass is 32.1. The number of carbonyl (C=O) groups is 3. The van der Waals surface area contributed by atoms with Crippen LogP contribution in [0.3, 0.4) is 0 Å². The lowest BCUT2D eigenvalue weighted by atomic mass is 9.93. The first kappa shape index (κ1) is 21.9. The van der Waals surface area contributed by atoms with Crippen LogP contribution in [0.5, 0.6) is 0 Å². The van der Waals surface area contributed by atoms with Crippen molar-refractivity contribution in [2.45, 2.75) is 39.0 Å². The standard InChI is InChI=1S/C21H27N5O3S/c1-2-3-11-22-17(27)14-15-9-12-26(13-10-15)21(29)20-25-24-19(30-20)18(28)23-16-7-5-4-6-8-16/h4-8,15H,2-3,9-14H2,1H3,(H,22,27)(H,23,28). The van der Waals surface area contributed by atoms with Gasteiger partial charge >= 0.3 is 0 Å². The molecule has 8 nitrogen and oxygen atoms in total. The van der Waals surface area contributed by atoms with Crippen molar-refractivity contribution in [3.05, 3.63) is 40.3 Å². The molecular formula is C21H27N5O3S. The zero-order valence-electron chi connectivity index (χ0n) is 17.1. The largest absolute Gasteiger partial charge is 0.356 e. The summed E-state index contributed by atoms with van der Waals surface area (Å²) in [4.78, 5) is 38.7. The summed E-state index contributed by atoms with van der Waals surface area (Å²) in [6, 6.07) is 9.06. The number of aromatic nitrogens is 2. The Labute approximate surface area is 180 Å². The van der Waals surface area contributed by atoms with Crippen LogP contribution in [0.2, 0.25) is 0 Å². The Morgan fingerprint density at radius 2 is 1.80 bits per heavy atom. The minimum atomic E-state index is -0.384. The van der Waals surface area contributed by atoms with Crippen LogP contribution in [0.1, 0.15) is 58.6 Å². The number of likely N-dealkylation sites (tertiary alicyclic amines) is 1. The smallest absolute Gasteiger partial charge is 0.286 e. The van der Waals surface area contributed by atoms with Gasteiger partial charge in [-0.2, -0.15) is 0 Å². The fourth-order valence-electron chi connectivity index (χ4n) is 3.32. The molecule has 160 valence electrons. The van der Waals surface area contributed by atoms with Gasteiger partial charge in [0.2, 0.25) is 15.9 Å². The average Bonchev–Trinajstić information content (AvgIpc) is 3.25. The number of hydrogen-bond donors (Lipinski definition) is 2. The third-order valence-corrected chi connectivity index (χ3v) is 5.97. The van der Waals surface area contributed by atoms with E-state index in [1.165, 1.54) is 0 Å². The highest BCUT2D eigenvalue weighted by Crippen LogP contribution is 2.23. The van der Waals surface area contributed by atoms with E-state index in [1.54, 1.807) is 17.0 Å². The lowest BCUT2D eigenvalue weighted by Crippen LogP contribution is -2.39. The number of unbranched alkanes of at least 4 members (excludes halogenated alkanes) is 1. The molecular weight excluding hydrogens is 402 g/mol. The number of carbonyl (C=O) groups excluding carboxylic acids is 3. The molecule has 0 aliphatic carbocycles. The number of rotatable bonds is 8. The first-order valence-electron chi connectivity index (χ1n) is 10.3. The maximum Gasteiger partial charge on any atom is 0.286 e. The van der Waals surface area contributed by atoms with Crippen molar-refractivity contribution in [3.8, 4) is 0 Å². The molecule has 1 fully saturated rings. The zero-order chi connectivity index (χ0) is 21.3. The minimum Gasteiger partial charge on any atom is -0.356 e. The molecule has 2 aromatic rings. The third-order valence-electron chi connectivity index (χ3n) is 5.06. The van der Waals surface area contributed by atoms with Crippen molar-refractivity contribution in [3.63, 3.8) is 0 Å². The van der Waals surface area contributed by atoms with Gasteiger partial charge in [0, 0.05) is 31.7 Å². The predicted molar refractivity (Wildman–Crippen MR) is 115 cm³/mol. The van der Waals surface area contributed by atoms with Crippen LogP contribution >= 0.6 is 11.3 Å². The van der Waals surface area contributed by atoms with E-state index < -0.39 is 0 Å². The molecule has 0 unspecified atom stereocenters. The van der Waals surface area contributed by atoms with Crippen LogP contribution in [0.15, 0.2) is 30.3 Å². The number of benzene rings is 1. The SMILES string of the molecule is CCCCNC(=O)CC1CCN(C(=O)c2nnc(C(=O)Nc3ccccc3)s2)CC1. The zero-order valence-corrected chi connectivity index (χ0v) is 17.9. The lowest BCUT2D eigenvalue weighted by Gasteiger charge is -2.31. The van der Waals surface area contributed by atoms with Crippen molar-refractivity contribution in [1.29, 1.82) is 0 Å². The highest BCUT2D eigenvalue weighted by molar-refractivity contribution is 7.15. The quantitative estimate of drug-likeness (QED) is 0.628. The monoisotopic (exact) mass is 429 g/mol. The highest BCUT2D eigenvalue weighted by Gasteiger charge is 2.27. The van der Waals surface area contributed by atoms with Crippen LogP contribution in [0.25, 0.3) is 0 Å². The van der Waals surface area contributed by atoms with E-state index in [0.29, 0.717) is 25.2 Å². The molecule has 0 atom stereocenters. The van der Waals surface area contributed by atoms with Gasteiger partial charge in [0.25, 0.3) is 11.8 Å². The van der Waals surface area contributed by atoms with Crippen LogP contribution in [-0.2, 0) is 4.79 Å². The summed E-state index contributed by atoms with van der Waals surface area (Å²) in [7, 11) is 0. The third kappa shape index (κ3) is 6.09. The summed E-state index contributed by atoms with van der Waals surface area (Å²) < 4.78 is 0. The van der Waals surface area contributed by atoms with E-state index >= 15 is 0 Å². The van der Waals surface area contributed by atoms with Gasteiger partial charge in [0.15, 0.2) is 0 Å². The number of piperidine rings is 1. The normalized spacial score (nSPS) is 14.4. The van der Waals surface area contributed by atoms with E-state index in [-0.39, 0.29) is 33.7 Å². The van der Waals surface area contributed by atoms with E-state index in [4.69, 9.17) is 0 Å². The van der Waals surface area contributed by atoms with Gasteiger partial charge in [-0.05, 0) is 37.3 Å². The maximum atomic E-state index is 12.7. The lowest BCUT2D eigenvalue weighted by molar-refractivity contribution is -0.122. The molecule has 1 aromatic carbocycles. The molecule has 30 heavy (non-hydrogen) atoms. The second-order valence-electron chi connectivity index (χ2n) is 7.38. The molecule has 1 aliphatic heterocycles. The Bertz CT molecular complexity index is 863. The fraction of sp³-hybridized carbons (Fsp3) is 0.476. The fourth-order valence-corrected chi connectivity index (χ4v) is 4.03. The Hall–Kier alpha value is -2.81. The Morgan fingerprint density at radius 1 is 1.10 bits per heavy atom. The summed E-state index contributed by atoms with van der Waals surface area (Å²) in [6.45, 7) is 3.98. The molecule has 9 heteroatoms. The van der Waals surface area contributed by atoms with Crippen molar-refractivity contribution in [2.75, 3.05) is 25.0 Å². The minimum absolute atomic E-state index is 0.0893. The number of hydrogen-bond acceptors (Lipinski definition) is 6. The Kier molecular flexibility index (Phi) is 7.89. The van der Waals surface area contributed by atoms with Crippen LogP contribution in [0, 0.1) is 5.92 Å². The molecule has 0 saturated carbocycles. The summed E-state index contributed by atoms with van der Waals surface area (Å²) in [6.07, 6.45) is 4.13. The van der Waals surface area contributed by atoms with Crippen LogP contribution in [-0.4, -0.2) is 52.5 Å². The summed E-state index contributed by atoms with van der Waals surface area (Å²) in [5, 5.41) is 13.8. The van der Waals surface area contributed by atoms with Crippen molar-refractivity contribution in [2.24, 2.45) is 5.92 Å². The van der Waals surface area contributed by atoms with Gasteiger partial charge in [-0.1, -0.05) is 42.9 Å². The second kappa shape index (κ2) is 10.8. The topological polar surface area (TPSA) is 104 Å². The predicted octanol–water partition coefficient (Wildman–Crippen LogP) is 2.95. The van der Waals surface area contributed by atoms with E-state index in [9.17, 15) is 14.4 Å². The van der Waals surface area contributed by atoms with Gasteiger partial charge in [0.1, 0.15) is 0 Å². The van der Waals surface area contributed by atoms with Crippen molar-refractivity contribution in [1.82, 2.24) is 20.4 Å². The first-order valence-corrected chi connectivity index (χ1v) is 11.1. The molecule has 2 heterocycles. The van der Waals surface area contributed by atoms with E-state index in [0.717, 1.165) is 43.6 Å².